The summed E-state index contributed by atoms with van der Waals surface area (Å²) in [6.07, 6.45) is 10.1. The van der Waals surface area contributed by atoms with Crippen LogP contribution in [0.25, 0.3) is 0 Å². The molecule has 0 amide bonds. The maximum absolute atomic E-state index is 12.7. The minimum absolute atomic E-state index is 0.00460. The number of aliphatic hydroxyl groups excluding tert-OH is 1. The van der Waals surface area contributed by atoms with Gasteiger partial charge >= 0.3 is 0 Å². The molecule has 4 fully saturated rings. The van der Waals surface area contributed by atoms with E-state index in [4.69, 9.17) is 0 Å². The molecule has 0 aromatic heterocycles. The lowest BCUT2D eigenvalue weighted by atomic mass is 9.47. The fourth-order valence-corrected chi connectivity index (χ4v) is 7.31. The number of carbonyl (C=O) groups excluding carboxylic acids is 1. The van der Waals surface area contributed by atoms with Crippen LogP contribution in [0.15, 0.2) is 11.6 Å². The van der Waals surface area contributed by atoms with Crippen molar-refractivity contribution in [3.05, 3.63) is 11.6 Å². The Balaban J connectivity index is 1.54. The van der Waals surface area contributed by atoms with Crippen LogP contribution in [-0.4, -0.2) is 17.0 Å². The minimum Gasteiger partial charge on any atom is -0.393 e. The van der Waals surface area contributed by atoms with E-state index in [0.717, 1.165) is 43.4 Å². The lowest BCUT2D eigenvalue weighted by Gasteiger charge is -2.57. The molecule has 0 spiro atoms. The van der Waals surface area contributed by atoms with Crippen molar-refractivity contribution in [3.8, 4) is 0 Å². The number of allylic oxidation sites excluding steroid dienone is 1. The van der Waals surface area contributed by atoms with E-state index in [-0.39, 0.29) is 11.5 Å². The Kier molecular flexibility index (Phi) is 2.54. The third kappa shape index (κ3) is 1.48. The van der Waals surface area contributed by atoms with E-state index in [1.807, 2.05) is 0 Å². The van der Waals surface area contributed by atoms with Gasteiger partial charge in [0.25, 0.3) is 0 Å². The van der Waals surface area contributed by atoms with Crippen LogP contribution in [0.1, 0.15) is 58.8 Å². The molecule has 5 aliphatic carbocycles. The Bertz CT molecular complexity index is 578. The lowest BCUT2D eigenvalue weighted by molar-refractivity contribution is -0.135. The summed E-state index contributed by atoms with van der Waals surface area (Å²) in [5.74, 6) is 3.90. The summed E-state index contributed by atoms with van der Waals surface area (Å²) in [5.41, 5.74) is 1.84. The second kappa shape index (κ2) is 4.06. The summed E-state index contributed by atoms with van der Waals surface area (Å²) < 4.78 is 0. The molecule has 0 bridgehead atoms. The topological polar surface area (TPSA) is 37.3 Å². The van der Waals surface area contributed by atoms with Gasteiger partial charge in [-0.15, -0.1) is 0 Å². The zero-order valence-electron chi connectivity index (χ0n) is 13.8. The van der Waals surface area contributed by atoms with Crippen molar-refractivity contribution in [1.29, 1.82) is 0 Å². The summed E-state index contributed by atoms with van der Waals surface area (Å²) in [5, 5.41) is 10.0. The molecule has 4 saturated carbocycles. The van der Waals surface area contributed by atoms with Gasteiger partial charge in [0.05, 0.1) is 6.10 Å². The van der Waals surface area contributed by atoms with Crippen LogP contribution in [0.2, 0.25) is 0 Å². The largest absolute Gasteiger partial charge is 0.393 e. The monoisotopic (exact) mass is 300 g/mol. The quantitative estimate of drug-likeness (QED) is 0.692. The van der Waals surface area contributed by atoms with E-state index >= 15 is 0 Å². The first kappa shape index (κ1) is 13.8. The van der Waals surface area contributed by atoms with E-state index in [2.05, 4.69) is 19.9 Å². The first-order valence-electron chi connectivity index (χ1n) is 9.37. The van der Waals surface area contributed by atoms with Crippen molar-refractivity contribution >= 4 is 5.78 Å². The Morgan fingerprint density at radius 1 is 1.14 bits per heavy atom. The average Bonchev–Trinajstić information content (AvgIpc) is 3.22. The van der Waals surface area contributed by atoms with Crippen LogP contribution in [0.4, 0.5) is 0 Å². The molecule has 2 nitrogen and oxygen atoms in total. The summed E-state index contributed by atoms with van der Waals surface area (Å²) >= 11 is 0. The van der Waals surface area contributed by atoms with Gasteiger partial charge in [0.2, 0.25) is 0 Å². The fourth-order valence-electron chi connectivity index (χ4n) is 7.31. The van der Waals surface area contributed by atoms with Crippen LogP contribution in [0.5, 0.6) is 0 Å². The fraction of sp³-hybridized carbons (Fsp3) is 0.850. The van der Waals surface area contributed by atoms with Crippen molar-refractivity contribution in [2.24, 2.45) is 40.4 Å². The van der Waals surface area contributed by atoms with Crippen molar-refractivity contribution in [2.45, 2.75) is 64.9 Å². The Morgan fingerprint density at radius 2 is 1.91 bits per heavy atom. The molecule has 5 rings (SSSR count). The summed E-state index contributed by atoms with van der Waals surface area (Å²) in [6, 6.07) is 0. The molecule has 0 saturated heterocycles. The highest BCUT2D eigenvalue weighted by molar-refractivity contribution is 5.92. The number of rotatable bonds is 0. The first-order valence-corrected chi connectivity index (χ1v) is 9.37. The number of fused-ring (bicyclic) bond motifs is 7. The molecule has 0 aromatic rings. The Morgan fingerprint density at radius 3 is 2.73 bits per heavy atom. The summed E-state index contributed by atoms with van der Waals surface area (Å²) in [7, 11) is 0. The SMILES string of the molecule is C[C@]12CC[C@H](O)CC1=CC[C@H]1[C@@H]3[C@H]4C[C@H]4C(=O)[C@@]3(C)CC[C@@H]12. The van der Waals surface area contributed by atoms with Crippen LogP contribution in [0, 0.1) is 40.4 Å². The molecular formula is C20H28O2. The Labute approximate surface area is 133 Å². The molecule has 0 radical (unpaired) electrons. The van der Waals surface area contributed by atoms with Crippen LogP contribution in [-0.2, 0) is 4.79 Å². The van der Waals surface area contributed by atoms with Gasteiger partial charge in [-0.05, 0) is 74.0 Å². The second-order valence-corrected chi connectivity index (χ2v) is 9.40. The van der Waals surface area contributed by atoms with Crippen molar-refractivity contribution < 1.29 is 9.90 Å². The third-order valence-corrected chi connectivity index (χ3v) is 8.53. The van der Waals surface area contributed by atoms with Gasteiger partial charge in [0.1, 0.15) is 5.78 Å². The zero-order chi connectivity index (χ0) is 15.3. The van der Waals surface area contributed by atoms with Gasteiger partial charge < -0.3 is 5.11 Å². The molecule has 1 N–H and O–H groups in total. The van der Waals surface area contributed by atoms with Gasteiger partial charge in [-0.3, -0.25) is 4.79 Å². The van der Waals surface area contributed by atoms with Crippen molar-refractivity contribution in [2.75, 3.05) is 0 Å². The highest BCUT2D eigenvalue weighted by atomic mass is 16.3. The summed E-state index contributed by atoms with van der Waals surface area (Å²) in [4.78, 5) is 12.7. The van der Waals surface area contributed by atoms with E-state index in [1.165, 1.54) is 24.8 Å². The van der Waals surface area contributed by atoms with E-state index < -0.39 is 0 Å². The lowest BCUT2D eigenvalue weighted by Crippen LogP contribution is -2.51. The van der Waals surface area contributed by atoms with Gasteiger partial charge in [-0.1, -0.05) is 25.5 Å². The number of carbonyl (C=O) groups is 1. The number of ketones is 1. The maximum Gasteiger partial charge on any atom is 0.142 e. The van der Waals surface area contributed by atoms with E-state index in [9.17, 15) is 9.90 Å². The summed E-state index contributed by atoms with van der Waals surface area (Å²) in [6.45, 7) is 4.75. The van der Waals surface area contributed by atoms with Gasteiger partial charge in [0.15, 0.2) is 0 Å². The van der Waals surface area contributed by atoms with Crippen LogP contribution >= 0.6 is 0 Å². The van der Waals surface area contributed by atoms with Crippen LogP contribution in [0.3, 0.4) is 0 Å². The van der Waals surface area contributed by atoms with Crippen molar-refractivity contribution in [3.63, 3.8) is 0 Å². The number of hydrogen-bond donors (Lipinski definition) is 1. The average molecular weight is 300 g/mol. The number of hydrogen-bond acceptors (Lipinski definition) is 2. The van der Waals surface area contributed by atoms with Crippen molar-refractivity contribution in [1.82, 2.24) is 0 Å². The normalized spacial score (nSPS) is 59.0. The van der Waals surface area contributed by atoms with Gasteiger partial charge in [-0.2, -0.15) is 0 Å². The number of Topliss-reactive ketones (excluding diaryl/α,β-unsaturated/α-hetero) is 1. The van der Waals surface area contributed by atoms with Gasteiger partial charge in [-0.25, -0.2) is 0 Å². The Hall–Kier alpha value is -0.630. The molecule has 8 atom stereocenters. The molecule has 2 heteroatoms. The predicted molar refractivity (Wildman–Crippen MR) is 85.1 cm³/mol. The molecule has 0 aliphatic heterocycles. The predicted octanol–water partition coefficient (Wildman–Crippen LogP) is 3.74. The smallest absolute Gasteiger partial charge is 0.142 e. The second-order valence-electron chi connectivity index (χ2n) is 9.40. The van der Waals surface area contributed by atoms with Crippen LogP contribution < -0.4 is 0 Å². The molecule has 0 aromatic carbocycles. The molecule has 5 aliphatic rings. The third-order valence-electron chi connectivity index (χ3n) is 8.53. The molecule has 0 heterocycles. The molecule has 0 unspecified atom stereocenters. The molecule has 22 heavy (non-hydrogen) atoms. The van der Waals surface area contributed by atoms with E-state index in [1.54, 1.807) is 0 Å². The standard InChI is InChI=1S/C20H28O2/c1-19-7-5-12(21)9-11(19)3-4-13-16(19)6-8-20(2)17(13)14-10-15(14)18(20)22/h3,12-17,21H,4-10H2,1-2H3/t12-,13+,14-,15+,16-,17+,19-,20-/m0/s1. The van der Waals surface area contributed by atoms with E-state index in [0.29, 0.717) is 23.0 Å². The molecule has 120 valence electrons. The maximum atomic E-state index is 12.7. The number of aliphatic hydroxyl groups is 1. The first-order chi connectivity index (χ1) is 10.4. The minimum atomic E-state index is -0.120. The van der Waals surface area contributed by atoms with Gasteiger partial charge in [0, 0.05) is 11.3 Å². The molecular weight excluding hydrogens is 272 g/mol. The zero-order valence-corrected chi connectivity index (χ0v) is 13.8. The highest BCUT2D eigenvalue weighted by Crippen LogP contribution is 2.71. The highest BCUT2D eigenvalue weighted by Gasteiger charge is 2.70.